The molecular weight excluding hydrogens is 154 g/mol. The predicted octanol–water partition coefficient (Wildman–Crippen LogP) is 0.285. The molecular formula is C8H15N3O. The number of hydrogen-bond donors (Lipinski definition) is 2. The third-order valence-corrected chi connectivity index (χ3v) is 1.81. The lowest BCUT2D eigenvalue weighted by atomic mass is 10.2. The van der Waals surface area contributed by atoms with Crippen molar-refractivity contribution in [1.82, 2.24) is 9.78 Å². The molecule has 1 rings (SSSR count). The first kappa shape index (κ1) is 9.22. The van der Waals surface area contributed by atoms with E-state index in [4.69, 9.17) is 10.8 Å². The molecule has 0 aromatic carbocycles. The monoisotopic (exact) mass is 169 g/mol. The fourth-order valence-electron chi connectivity index (χ4n) is 1.04. The van der Waals surface area contributed by atoms with Crippen LogP contribution in [0.5, 0.6) is 0 Å². The molecule has 0 spiro atoms. The largest absolute Gasteiger partial charge is 0.396 e. The van der Waals surface area contributed by atoms with Gasteiger partial charge in [0.15, 0.2) is 0 Å². The molecule has 1 atom stereocenters. The second-order valence-corrected chi connectivity index (χ2v) is 2.72. The van der Waals surface area contributed by atoms with E-state index in [1.165, 1.54) is 0 Å². The van der Waals surface area contributed by atoms with Crippen LogP contribution in [0.2, 0.25) is 0 Å². The molecule has 1 heterocycles. The van der Waals surface area contributed by atoms with Crippen LogP contribution in [0, 0.1) is 0 Å². The molecule has 1 aromatic rings. The molecule has 0 aliphatic carbocycles. The van der Waals surface area contributed by atoms with Crippen molar-refractivity contribution < 1.29 is 5.11 Å². The minimum absolute atomic E-state index is 0.111. The van der Waals surface area contributed by atoms with E-state index in [1.54, 1.807) is 0 Å². The maximum Gasteiger partial charge on any atom is 0.0792 e. The summed E-state index contributed by atoms with van der Waals surface area (Å²) in [5.74, 6) is 0. The maximum atomic E-state index is 8.65. The first-order valence-corrected chi connectivity index (χ1v) is 4.17. The molecule has 0 aliphatic heterocycles. The molecule has 4 nitrogen and oxygen atoms in total. The lowest BCUT2D eigenvalue weighted by molar-refractivity contribution is 0.275. The van der Waals surface area contributed by atoms with Gasteiger partial charge in [-0.3, -0.25) is 4.68 Å². The molecule has 0 radical (unpaired) electrons. The third-order valence-electron chi connectivity index (χ3n) is 1.81. The van der Waals surface area contributed by atoms with E-state index in [0.29, 0.717) is 6.42 Å². The van der Waals surface area contributed by atoms with Crippen molar-refractivity contribution in [2.24, 2.45) is 5.73 Å². The summed E-state index contributed by atoms with van der Waals surface area (Å²) in [5, 5.41) is 12.9. The molecule has 1 unspecified atom stereocenters. The van der Waals surface area contributed by atoms with Gasteiger partial charge in [0.2, 0.25) is 0 Å². The molecule has 0 saturated heterocycles. The summed E-state index contributed by atoms with van der Waals surface area (Å²) < 4.78 is 1.83. The molecule has 0 saturated carbocycles. The zero-order valence-electron chi connectivity index (χ0n) is 7.27. The number of aliphatic hydroxyl groups excluding tert-OH is 1. The lowest BCUT2D eigenvalue weighted by Gasteiger charge is -2.04. The van der Waals surface area contributed by atoms with Gasteiger partial charge in [0.25, 0.3) is 0 Å². The Hall–Kier alpha value is -0.870. The first-order chi connectivity index (χ1) is 5.77. The topological polar surface area (TPSA) is 64.1 Å². The number of aryl methyl sites for hydroxylation is 1. The Labute approximate surface area is 72.0 Å². The second-order valence-electron chi connectivity index (χ2n) is 2.72. The quantitative estimate of drug-likeness (QED) is 0.680. The van der Waals surface area contributed by atoms with Crippen LogP contribution < -0.4 is 5.73 Å². The summed E-state index contributed by atoms with van der Waals surface area (Å²) in [6.45, 7) is 2.99. The Morgan fingerprint density at radius 3 is 3.00 bits per heavy atom. The molecule has 0 aliphatic rings. The Kier molecular flexibility index (Phi) is 3.25. The number of aliphatic hydroxyl groups is 1. The SMILES string of the molecule is CCn1ccc(C(N)CCO)n1. The van der Waals surface area contributed by atoms with Crippen LogP contribution in [0.1, 0.15) is 25.1 Å². The van der Waals surface area contributed by atoms with E-state index in [2.05, 4.69) is 5.10 Å². The highest BCUT2D eigenvalue weighted by Gasteiger charge is 2.07. The van der Waals surface area contributed by atoms with Crippen LogP contribution in [-0.2, 0) is 6.54 Å². The summed E-state index contributed by atoms with van der Waals surface area (Å²) in [4.78, 5) is 0. The van der Waals surface area contributed by atoms with E-state index in [0.717, 1.165) is 12.2 Å². The van der Waals surface area contributed by atoms with Crippen molar-refractivity contribution in [2.45, 2.75) is 25.9 Å². The first-order valence-electron chi connectivity index (χ1n) is 4.17. The fourth-order valence-corrected chi connectivity index (χ4v) is 1.04. The average molecular weight is 169 g/mol. The van der Waals surface area contributed by atoms with Crippen LogP contribution in [-0.4, -0.2) is 21.5 Å². The molecule has 3 N–H and O–H groups in total. The minimum atomic E-state index is -0.136. The normalized spacial score (nSPS) is 13.2. The van der Waals surface area contributed by atoms with Gasteiger partial charge in [-0.25, -0.2) is 0 Å². The molecule has 0 amide bonds. The Bertz CT molecular complexity index is 234. The smallest absolute Gasteiger partial charge is 0.0792 e. The van der Waals surface area contributed by atoms with Crippen molar-refractivity contribution in [3.63, 3.8) is 0 Å². The van der Waals surface area contributed by atoms with Gasteiger partial charge in [0.1, 0.15) is 0 Å². The minimum Gasteiger partial charge on any atom is -0.396 e. The summed E-state index contributed by atoms with van der Waals surface area (Å²) in [5.41, 5.74) is 6.59. The van der Waals surface area contributed by atoms with Gasteiger partial charge in [0.05, 0.1) is 11.7 Å². The molecule has 0 bridgehead atoms. The van der Waals surface area contributed by atoms with Gasteiger partial charge in [-0.2, -0.15) is 5.10 Å². The van der Waals surface area contributed by atoms with Crippen molar-refractivity contribution in [2.75, 3.05) is 6.61 Å². The third kappa shape index (κ3) is 2.06. The predicted molar refractivity (Wildman–Crippen MR) is 46.5 cm³/mol. The summed E-state index contributed by atoms with van der Waals surface area (Å²) in [6.07, 6.45) is 2.47. The van der Waals surface area contributed by atoms with Crippen LogP contribution in [0.3, 0.4) is 0 Å². The van der Waals surface area contributed by atoms with Gasteiger partial charge in [-0.05, 0) is 19.4 Å². The maximum absolute atomic E-state index is 8.65. The molecule has 12 heavy (non-hydrogen) atoms. The van der Waals surface area contributed by atoms with E-state index in [9.17, 15) is 0 Å². The molecule has 1 aromatic heterocycles. The Morgan fingerprint density at radius 1 is 1.75 bits per heavy atom. The van der Waals surface area contributed by atoms with Crippen molar-refractivity contribution in [3.05, 3.63) is 18.0 Å². The summed E-state index contributed by atoms with van der Waals surface area (Å²) in [6, 6.07) is 1.76. The summed E-state index contributed by atoms with van der Waals surface area (Å²) in [7, 11) is 0. The van der Waals surface area contributed by atoms with Crippen molar-refractivity contribution in [1.29, 1.82) is 0 Å². The molecule has 4 heteroatoms. The molecule has 68 valence electrons. The standard InChI is InChI=1S/C8H15N3O/c1-2-11-5-3-8(10-11)7(9)4-6-12/h3,5,7,12H,2,4,6,9H2,1H3. The highest BCUT2D eigenvalue weighted by atomic mass is 16.3. The average Bonchev–Trinajstić information content (AvgIpc) is 2.52. The van der Waals surface area contributed by atoms with Gasteiger partial charge in [-0.1, -0.05) is 0 Å². The molecule has 0 fully saturated rings. The summed E-state index contributed by atoms with van der Waals surface area (Å²) >= 11 is 0. The van der Waals surface area contributed by atoms with Crippen LogP contribution in [0.25, 0.3) is 0 Å². The van der Waals surface area contributed by atoms with Crippen LogP contribution in [0.15, 0.2) is 12.3 Å². The van der Waals surface area contributed by atoms with Gasteiger partial charge < -0.3 is 10.8 Å². The Balaban J connectivity index is 2.61. The number of nitrogens with zero attached hydrogens (tertiary/aromatic N) is 2. The Morgan fingerprint density at radius 2 is 2.50 bits per heavy atom. The van der Waals surface area contributed by atoms with Crippen molar-refractivity contribution in [3.8, 4) is 0 Å². The highest BCUT2D eigenvalue weighted by Crippen LogP contribution is 2.09. The lowest BCUT2D eigenvalue weighted by Crippen LogP contribution is -2.13. The van der Waals surface area contributed by atoms with Gasteiger partial charge >= 0.3 is 0 Å². The number of rotatable bonds is 4. The number of hydrogen-bond acceptors (Lipinski definition) is 3. The van der Waals surface area contributed by atoms with E-state index in [1.807, 2.05) is 23.9 Å². The number of nitrogens with two attached hydrogens (primary N) is 1. The van der Waals surface area contributed by atoms with Crippen LogP contribution in [0.4, 0.5) is 0 Å². The zero-order valence-corrected chi connectivity index (χ0v) is 7.27. The van der Waals surface area contributed by atoms with Crippen molar-refractivity contribution >= 4 is 0 Å². The van der Waals surface area contributed by atoms with Gasteiger partial charge in [0, 0.05) is 19.3 Å². The van der Waals surface area contributed by atoms with E-state index < -0.39 is 0 Å². The highest BCUT2D eigenvalue weighted by molar-refractivity contribution is 5.04. The van der Waals surface area contributed by atoms with E-state index in [-0.39, 0.29) is 12.6 Å². The second kappa shape index (κ2) is 4.23. The van der Waals surface area contributed by atoms with E-state index >= 15 is 0 Å². The fraction of sp³-hybridized carbons (Fsp3) is 0.625. The van der Waals surface area contributed by atoms with Gasteiger partial charge in [-0.15, -0.1) is 0 Å². The number of aromatic nitrogens is 2. The van der Waals surface area contributed by atoms with Crippen LogP contribution >= 0.6 is 0 Å². The zero-order chi connectivity index (χ0) is 8.97.